The molecule has 1 rings (SSSR count). The molecule has 0 radical (unpaired) electrons. The molecule has 12 heavy (non-hydrogen) atoms. The molecular weight excluding hydrogens is 277 g/mol. The van der Waals surface area contributed by atoms with Gasteiger partial charge in [-0.1, -0.05) is 0 Å². The standard InChI is InChI=1S/C6H6INO4/c7-1-2(8)4(10)6(12)5(11)3(1)9/h9-12H,8H2. The Morgan fingerprint density at radius 1 is 0.833 bits per heavy atom. The molecule has 0 bridgehead atoms. The van der Waals surface area contributed by atoms with Gasteiger partial charge in [0.05, 0.1) is 9.26 Å². The van der Waals surface area contributed by atoms with Gasteiger partial charge in [0.25, 0.3) is 0 Å². The van der Waals surface area contributed by atoms with Crippen molar-refractivity contribution in [3.63, 3.8) is 0 Å². The lowest BCUT2D eigenvalue weighted by Gasteiger charge is -2.08. The van der Waals surface area contributed by atoms with Crippen LogP contribution in [0.15, 0.2) is 0 Å². The second kappa shape index (κ2) is 2.77. The molecule has 0 atom stereocenters. The lowest BCUT2D eigenvalue weighted by Crippen LogP contribution is -1.91. The topological polar surface area (TPSA) is 107 Å². The van der Waals surface area contributed by atoms with Crippen molar-refractivity contribution in [2.75, 3.05) is 5.73 Å². The molecule has 0 aromatic heterocycles. The van der Waals surface area contributed by atoms with Crippen molar-refractivity contribution in [2.45, 2.75) is 0 Å². The number of phenolic OH excluding ortho intramolecular Hbond substituents is 4. The van der Waals surface area contributed by atoms with Gasteiger partial charge in [-0.3, -0.25) is 0 Å². The highest BCUT2D eigenvalue weighted by Crippen LogP contribution is 2.48. The number of aromatic hydroxyl groups is 4. The average Bonchev–Trinajstić information content (AvgIpc) is 2.08. The smallest absolute Gasteiger partial charge is 0.206 e. The van der Waals surface area contributed by atoms with Gasteiger partial charge < -0.3 is 26.2 Å². The Labute approximate surface area is 81.2 Å². The largest absolute Gasteiger partial charge is 0.503 e. The molecule has 0 unspecified atom stereocenters. The van der Waals surface area contributed by atoms with Gasteiger partial charge >= 0.3 is 0 Å². The molecule has 0 saturated carbocycles. The third-order valence-corrected chi connectivity index (χ3v) is 2.46. The van der Waals surface area contributed by atoms with E-state index < -0.39 is 23.0 Å². The minimum absolute atomic E-state index is 0.0976. The van der Waals surface area contributed by atoms with Crippen LogP contribution < -0.4 is 5.73 Å². The zero-order valence-corrected chi connectivity index (χ0v) is 7.90. The molecular formula is C6H6INO4. The maximum Gasteiger partial charge on any atom is 0.206 e. The Hall–Kier alpha value is -1.05. The highest BCUT2D eigenvalue weighted by molar-refractivity contribution is 14.1. The second-order valence-electron chi connectivity index (χ2n) is 2.12. The van der Waals surface area contributed by atoms with Gasteiger partial charge in [-0.15, -0.1) is 0 Å². The molecule has 1 aromatic carbocycles. The molecule has 0 spiro atoms. The van der Waals surface area contributed by atoms with Crippen LogP contribution in [0.3, 0.4) is 0 Å². The first-order chi connectivity index (χ1) is 5.46. The predicted octanol–water partition coefficient (Wildman–Crippen LogP) is 0.696. The van der Waals surface area contributed by atoms with E-state index in [0.29, 0.717) is 0 Å². The van der Waals surface area contributed by atoms with E-state index in [1.165, 1.54) is 0 Å². The molecule has 1 aromatic rings. The van der Waals surface area contributed by atoms with Crippen LogP contribution in [0, 0.1) is 3.57 Å². The molecule has 6 N–H and O–H groups in total. The van der Waals surface area contributed by atoms with Crippen LogP contribution in [0.2, 0.25) is 0 Å². The van der Waals surface area contributed by atoms with Crippen molar-refractivity contribution in [3.8, 4) is 23.0 Å². The van der Waals surface area contributed by atoms with E-state index >= 15 is 0 Å². The van der Waals surface area contributed by atoms with Crippen molar-refractivity contribution in [1.82, 2.24) is 0 Å². The average molecular weight is 283 g/mol. The number of phenols is 4. The molecule has 0 aliphatic heterocycles. The van der Waals surface area contributed by atoms with Gasteiger partial charge in [0.2, 0.25) is 11.5 Å². The third kappa shape index (κ3) is 1.07. The van der Waals surface area contributed by atoms with E-state index in [4.69, 9.17) is 26.2 Å². The van der Waals surface area contributed by atoms with E-state index in [0.717, 1.165) is 0 Å². The van der Waals surface area contributed by atoms with Crippen LogP contribution >= 0.6 is 22.6 Å². The number of hydrogen-bond acceptors (Lipinski definition) is 5. The van der Waals surface area contributed by atoms with E-state index in [9.17, 15) is 0 Å². The van der Waals surface area contributed by atoms with Crippen LogP contribution in [0.25, 0.3) is 0 Å². The van der Waals surface area contributed by atoms with Gasteiger partial charge in [-0.05, 0) is 22.6 Å². The summed E-state index contributed by atoms with van der Waals surface area (Å²) in [5.74, 6) is -2.75. The Morgan fingerprint density at radius 2 is 1.25 bits per heavy atom. The van der Waals surface area contributed by atoms with Crippen molar-refractivity contribution >= 4 is 28.3 Å². The number of hydrogen-bond donors (Lipinski definition) is 5. The third-order valence-electron chi connectivity index (χ3n) is 1.37. The number of rotatable bonds is 0. The molecule has 0 amide bonds. The van der Waals surface area contributed by atoms with Gasteiger partial charge in [0.1, 0.15) is 0 Å². The number of nitrogen functional groups attached to an aromatic ring is 1. The Balaban J connectivity index is 3.60. The van der Waals surface area contributed by atoms with Crippen LogP contribution in [-0.4, -0.2) is 20.4 Å². The summed E-state index contributed by atoms with van der Waals surface area (Å²) >= 11 is 1.63. The summed E-state index contributed by atoms with van der Waals surface area (Å²) in [6.45, 7) is 0. The fourth-order valence-corrected chi connectivity index (χ4v) is 1.20. The molecule has 66 valence electrons. The molecule has 0 fully saturated rings. The number of nitrogens with two attached hydrogens (primary N) is 1. The van der Waals surface area contributed by atoms with Crippen LogP contribution in [0.4, 0.5) is 5.69 Å². The van der Waals surface area contributed by atoms with Gasteiger partial charge in [0, 0.05) is 0 Å². The quantitative estimate of drug-likeness (QED) is 0.208. The first-order valence-corrected chi connectivity index (χ1v) is 3.95. The predicted molar refractivity (Wildman–Crippen MR) is 50.2 cm³/mol. The fraction of sp³-hybridized carbons (Fsp3) is 0. The number of anilines is 1. The van der Waals surface area contributed by atoms with Crippen molar-refractivity contribution in [2.24, 2.45) is 0 Å². The van der Waals surface area contributed by atoms with Crippen molar-refractivity contribution < 1.29 is 20.4 Å². The summed E-state index contributed by atoms with van der Waals surface area (Å²) in [6, 6.07) is 0. The monoisotopic (exact) mass is 283 g/mol. The normalized spacial score (nSPS) is 10.1. The highest BCUT2D eigenvalue weighted by Gasteiger charge is 2.19. The van der Waals surface area contributed by atoms with E-state index in [1.807, 2.05) is 0 Å². The maximum atomic E-state index is 9.08. The summed E-state index contributed by atoms with van der Waals surface area (Å²) in [6.07, 6.45) is 0. The van der Waals surface area contributed by atoms with Crippen LogP contribution in [0.5, 0.6) is 23.0 Å². The van der Waals surface area contributed by atoms with Gasteiger partial charge in [0.15, 0.2) is 11.5 Å². The van der Waals surface area contributed by atoms with E-state index in [1.54, 1.807) is 22.6 Å². The van der Waals surface area contributed by atoms with Crippen LogP contribution in [-0.2, 0) is 0 Å². The lowest BCUT2D eigenvalue weighted by atomic mass is 10.2. The Bertz CT molecular complexity index is 234. The number of benzene rings is 1. The highest BCUT2D eigenvalue weighted by atomic mass is 127. The molecule has 6 heteroatoms. The SMILES string of the molecule is Nc1c(O)c(O)c(O)c(O)c1I. The van der Waals surface area contributed by atoms with Gasteiger partial charge in [-0.25, -0.2) is 0 Å². The summed E-state index contributed by atoms with van der Waals surface area (Å²) in [7, 11) is 0. The Kier molecular flexibility index (Phi) is 2.09. The molecule has 5 nitrogen and oxygen atoms in total. The number of halogens is 1. The van der Waals surface area contributed by atoms with Crippen LogP contribution in [0.1, 0.15) is 0 Å². The fourth-order valence-electron chi connectivity index (χ4n) is 0.687. The zero-order valence-electron chi connectivity index (χ0n) is 5.74. The summed E-state index contributed by atoms with van der Waals surface area (Å²) < 4.78 is 0.0976. The summed E-state index contributed by atoms with van der Waals surface area (Å²) in [5.41, 5.74) is 5.10. The molecule has 0 heterocycles. The molecule has 0 saturated heterocycles. The first-order valence-electron chi connectivity index (χ1n) is 2.87. The molecule has 0 aliphatic carbocycles. The second-order valence-corrected chi connectivity index (χ2v) is 3.20. The van der Waals surface area contributed by atoms with Crippen molar-refractivity contribution in [3.05, 3.63) is 3.57 Å². The minimum Gasteiger partial charge on any atom is -0.503 e. The summed E-state index contributed by atoms with van der Waals surface area (Å²) in [4.78, 5) is 0. The van der Waals surface area contributed by atoms with E-state index in [-0.39, 0.29) is 9.26 Å². The first kappa shape index (κ1) is 9.04. The maximum absolute atomic E-state index is 9.08. The Morgan fingerprint density at radius 3 is 1.75 bits per heavy atom. The van der Waals surface area contributed by atoms with Gasteiger partial charge in [-0.2, -0.15) is 0 Å². The minimum atomic E-state index is -0.814. The zero-order chi connectivity index (χ0) is 9.46. The van der Waals surface area contributed by atoms with Crippen molar-refractivity contribution in [1.29, 1.82) is 0 Å². The lowest BCUT2D eigenvalue weighted by molar-refractivity contribution is 0.345. The molecule has 0 aliphatic rings. The summed E-state index contributed by atoms with van der Waals surface area (Å²) in [5, 5.41) is 36.0. The van der Waals surface area contributed by atoms with E-state index in [2.05, 4.69) is 0 Å².